The van der Waals surface area contributed by atoms with Crippen molar-refractivity contribution in [1.82, 2.24) is 0 Å². The van der Waals surface area contributed by atoms with Crippen LogP contribution in [0.5, 0.6) is 0 Å². The van der Waals surface area contributed by atoms with Gasteiger partial charge in [-0.15, -0.1) is 0 Å². The quantitative estimate of drug-likeness (QED) is 0.354. The van der Waals surface area contributed by atoms with Gasteiger partial charge in [-0.1, -0.05) is 53.9 Å². The maximum absolute atomic E-state index is 14.1. The van der Waals surface area contributed by atoms with Crippen molar-refractivity contribution in [3.63, 3.8) is 0 Å². The van der Waals surface area contributed by atoms with E-state index in [2.05, 4.69) is 34.6 Å². The summed E-state index contributed by atoms with van der Waals surface area (Å²) in [5.74, 6) is 2.84. The Hall–Kier alpha value is -1.39. The first-order chi connectivity index (χ1) is 16.8. The summed E-state index contributed by atoms with van der Waals surface area (Å²) in [6.07, 6.45) is 10.6. The first-order valence-corrected chi connectivity index (χ1v) is 14.7. The van der Waals surface area contributed by atoms with Gasteiger partial charge in [0, 0.05) is 32.1 Å². The first-order valence-electron chi connectivity index (χ1n) is 14.7. The second-order valence-electron chi connectivity index (χ2n) is 13.8. The van der Waals surface area contributed by atoms with Gasteiger partial charge in [-0.05, 0) is 79.4 Å². The molecule has 0 spiro atoms. The number of ketones is 1. The lowest BCUT2D eigenvalue weighted by Gasteiger charge is -2.63. The van der Waals surface area contributed by atoms with Gasteiger partial charge in [0.2, 0.25) is 0 Å². The lowest BCUT2D eigenvalue weighted by molar-refractivity contribution is -0.230. The molecule has 0 N–H and O–H groups in total. The van der Waals surface area contributed by atoms with Gasteiger partial charge in [-0.25, -0.2) is 0 Å². The van der Waals surface area contributed by atoms with Gasteiger partial charge in [0.15, 0.2) is 11.4 Å². The van der Waals surface area contributed by atoms with Crippen molar-refractivity contribution in [2.24, 2.45) is 46.3 Å². The van der Waals surface area contributed by atoms with E-state index in [0.29, 0.717) is 36.0 Å². The smallest absolute Gasteiger partial charge is 0.303 e. The molecule has 4 aliphatic rings. The zero-order valence-corrected chi connectivity index (χ0v) is 23.9. The van der Waals surface area contributed by atoms with Crippen LogP contribution in [0.15, 0.2) is 0 Å². The molecule has 0 radical (unpaired) electrons. The lowest BCUT2D eigenvalue weighted by Crippen LogP contribution is -2.68. The molecule has 0 saturated heterocycles. The molecule has 4 aliphatic carbocycles. The molecular formula is C31H50O5. The SMILES string of the molecule is CC(=O)O[C@@H]1CC[C@]2(C)[C@H]3CC[C@@]4(C)[C@@H](CC[C@H]4[C@@H](C)CCCC(C)C)[C@@H]3CC(=O)[C@@]2(OC(C)=O)C1. The first kappa shape index (κ1) is 27.6. The number of carbonyl (C=O) groups excluding carboxylic acids is 3. The van der Waals surface area contributed by atoms with Crippen LogP contribution < -0.4 is 0 Å². The number of Topliss-reactive ketones (excluding diaryl/α,β-unsaturated/α-hetero) is 1. The predicted octanol–water partition coefficient (Wildman–Crippen LogP) is 6.90. The highest BCUT2D eigenvalue weighted by Crippen LogP contribution is 2.69. The van der Waals surface area contributed by atoms with Crippen LogP contribution in [-0.4, -0.2) is 29.4 Å². The third-order valence-electron chi connectivity index (χ3n) is 11.4. The van der Waals surface area contributed by atoms with E-state index in [1.807, 2.05) is 0 Å². The number of hydrogen-bond acceptors (Lipinski definition) is 5. The van der Waals surface area contributed by atoms with Crippen molar-refractivity contribution < 1.29 is 23.9 Å². The normalized spacial score (nSPS) is 42.8. The van der Waals surface area contributed by atoms with Crippen LogP contribution in [0.2, 0.25) is 0 Å². The van der Waals surface area contributed by atoms with E-state index in [0.717, 1.165) is 37.0 Å². The van der Waals surface area contributed by atoms with Crippen molar-refractivity contribution in [2.75, 3.05) is 0 Å². The Kier molecular flexibility index (Phi) is 7.72. The van der Waals surface area contributed by atoms with Gasteiger partial charge in [0.25, 0.3) is 0 Å². The fourth-order valence-corrected chi connectivity index (χ4v) is 9.80. The van der Waals surface area contributed by atoms with Crippen molar-refractivity contribution in [2.45, 2.75) is 131 Å². The average molecular weight is 503 g/mol. The maximum Gasteiger partial charge on any atom is 0.303 e. The molecule has 4 saturated carbocycles. The molecule has 0 aromatic heterocycles. The van der Waals surface area contributed by atoms with Gasteiger partial charge in [-0.3, -0.25) is 14.4 Å². The summed E-state index contributed by atoms with van der Waals surface area (Å²) in [6.45, 7) is 14.7. The minimum Gasteiger partial charge on any atom is -0.462 e. The van der Waals surface area contributed by atoms with E-state index in [1.165, 1.54) is 52.4 Å². The highest BCUT2D eigenvalue weighted by atomic mass is 16.6. The molecule has 9 atom stereocenters. The monoisotopic (exact) mass is 502 g/mol. The molecule has 0 aromatic carbocycles. The molecule has 36 heavy (non-hydrogen) atoms. The minimum absolute atomic E-state index is 0.0657. The van der Waals surface area contributed by atoms with Gasteiger partial charge in [-0.2, -0.15) is 0 Å². The van der Waals surface area contributed by atoms with E-state index in [1.54, 1.807) is 0 Å². The molecule has 0 aromatic rings. The molecule has 4 rings (SSSR count). The second-order valence-corrected chi connectivity index (χ2v) is 13.8. The molecule has 5 heteroatoms. The summed E-state index contributed by atoms with van der Waals surface area (Å²) in [7, 11) is 0. The number of ether oxygens (including phenoxy) is 2. The Labute approximate surface area is 218 Å². The average Bonchev–Trinajstić information content (AvgIpc) is 3.12. The van der Waals surface area contributed by atoms with E-state index in [9.17, 15) is 14.4 Å². The van der Waals surface area contributed by atoms with Gasteiger partial charge >= 0.3 is 11.9 Å². The summed E-state index contributed by atoms with van der Waals surface area (Å²) < 4.78 is 11.6. The van der Waals surface area contributed by atoms with E-state index in [-0.39, 0.29) is 17.9 Å². The van der Waals surface area contributed by atoms with Crippen molar-refractivity contribution in [3.8, 4) is 0 Å². The molecule has 0 unspecified atom stereocenters. The number of rotatable bonds is 7. The van der Waals surface area contributed by atoms with Gasteiger partial charge in [0.1, 0.15) is 6.10 Å². The number of carbonyl (C=O) groups is 3. The van der Waals surface area contributed by atoms with Crippen LogP contribution >= 0.6 is 0 Å². The summed E-state index contributed by atoms with van der Waals surface area (Å²) in [5, 5.41) is 0. The van der Waals surface area contributed by atoms with Crippen LogP contribution in [0.4, 0.5) is 0 Å². The Morgan fingerprint density at radius 1 is 0.944 bits per heavy atom. The third kappa shape index (κ3) is 4.55. The lowest BCUT2D eigenvalue weighted by atomic mass is 9.42. The molecule has 0 aliphatic heterocycles. The zero-order chi connectivity index (χ0) is 26.5. The zero-order valence-electron chi connectivity index (χ0n) is 23.9. The number of esters is 2. The van der Waals surface area contributed by atoms with Gasteiger partial charge in [0.05, 0.1) is 0 Å². The molecule has 5 nitrogen and oxygen atoms in total. The molecule has 0 heterocycles. The van der Waals surface area contributed by atoms with E-state index >= 15 is 0 Å². The Bertz CT molecular complexity index is 865. The van der Waals surface area contributed by atoms with Crippen molar-refractivity contribution in [3.05, 3.63) is 0 Å². The van der Waals surface area contributed by atoms with Crippen LogP contribution in [0, 0.1) is 46.3 Å². The van der Waals surface area contributed by atoms with Crippen molar-refractivity contribution in [1.29, 1.82) is 0 Å². The number of fused-ring (bicyclic) bond motifs is 5. The van der Waals surface area contributed by atoms with Gasteiger partial charge < -0.3 is 9.47 Å². The molecule has 4 fully saturated rings. The Morgan fingerprint density at radius 3 is 2.31 bits per heavy atom. The summed E-state index contributed by atoms with van der Waals surface area (Å²) >= 11 is 0. The van der Waals surface area contributed by atoms with Crippen LogP contribution in [-0.2, 0) is 23.9 Å². The molecule has 204 valence electrons. The minimum atomic E-state index is -1.17. The number of hydrogen-bond donors (Lipinski definition) is 0. The Morgan fingerprint density at radius 2 is 1.67 bits per heavy atom. The van der Waals surface area contributed by atoms with Crippen LogP contribution in [0.25, 0.3) is 0 Å². The van der Waals surface area contributed by atoms with E-state index < -0.39 is 17.0 Å². The fourth-order valence-electron chi connectivity index (χ4n) is 9.80. The van der Waals surface area contributed by atoms with Crippen molar-refractivity contribution >= 4 is 17.7 Å². The summed E-state index contributed by atoms with van der Waals surface area (Å²) in [4.78, 5) is 38.1. The highest BCUT2D eigenvalue weighted by molar-refractivity contribution is 5.92. The summed E-state index contributed by atoms with van der Waals surface area (Å²) in [5.41, 5.74) is -1.28. The topological polar surface area (TPSA) is 69.7 Å². The second kappa shape index (κ2) is 10.1. The third-order valence-corrected chi connectivity index (χ3v) is 11.4. The standard InChI is InChI=1S/C31H50O5/c1-19(2)9-8-10-20(3)25-11-12-26-24-17-28(34)31(36-22(5)33)18-23(35-21(4)32)13-16-30(31,7)27(24)14-15-29(25,26)6/h19-20,23-27H,8-18H2,1-7H3/t20-,23+,24-,25-,26-,27-,29+,30+,31-/m0/s1. The van der Waals surface area contributed by atoms with E-state index in [4.69, 9.17) is 9.47 Å². The largest absolute Gasteiger partial charge is 0.462 e. The molecule has 0 bridgehead atoms. The maximum atomic E-state index is 14.1. The van der Waals surface area contributed by atoms with Crippen LogP contribution in [0.1, 0.15) is 119 Å². The Balaban J connectivity index is 1.59. The molecule has 0 amide bonds. The summed E-state index contributed by atoms with van der Waals surface area (Å²) in [6, 6.07) is 0. The van der Waals surface area contributed by atoms with Crippen LogP contribution in [0.3, 0.4) is 0 Å². The highest BCUT2D eigenvalue weighted by Gasteiger charge is 2.70. The predicted molar refractivity (Wildman–Crippen MR) is 140 cm³/mol. The fraction of sp³-hybridized carbons (Fsp3) is 0.903. The molecular weight excluding hydrogens is 452 g/mol.